The van der Waals surface area contributed by atoms with E-state index in [1.54, 1.807) is 0 Å². The zero-order valence-electron chi connectivity index (χ0n) is 14.4. The lowest BCUT2D eigenvalue weighted by Crippen LogP contribution is -2.49. The first-order chi connectivity index (χ1) is 11.6. The summed E-state index contributed by atoms with van der Waals surface area (Å²) in [5, 5.41) is 4.00. The number of aryl methyl sites for hydroxylation is 2. The highest BCUT2D eigenvalue weighted by molar-refractivity contribution is 7.17. The molecule has 3 rings (SSSR count). The van der Waals surface area contributed by atoms with Gasteiger partial charge in [-0.1, -0.05) is 17.4 Å². The van der Waals surface area contributed by atoms with Gasteiger partial charge in [0.2, 0.25) is 0 Å². The van der Waals surface area contributed by atoms with Gasteiger partial charge in [-0.05, 0) is 32.4 Å². The largest absolute Gasteiger partial charge is 0.362 e. The molecule has 0 bridgehead atoms. The Kier molecular flexibility index (Phi) is 4.99. The molecule has 128 valence electrons. The van der Waals surface area contributed by atoms with Gasteiger partial charge in [0.05, 0.1) is 5.69 Å². The number of piperazine rings is 1. The number of amides is 1. The van der Waals surface area contributed by atoms with Gasteiger partial charge in [0, 0.05) is 38.9 Å². The van der Waals surface area contributed by atoms with E-state index in [0.717, 1.165) is 41.2 Å². The van der Waals surface area contributed by atoms with E-state index < -0.39 is 0 Å². The number of anilines is 2. The molecular formula is C17H23N5OS. The molecule has 1 aliphatic heterocycles. The normalized spacial score (nSPS) is 14.8. The van der Waals surface area contributed by atoms with Crippen LogP contribution in [0.4, 0.5) is 10.9 Å². The summed E-state index contributed by atoms with van der Waals surface area (Å²) in [4.78, 5) is 26.6. The number of aromatic nitrogens is 2. The van der Waals surface area contributed by atoms with Crippen molar-refractivity contribution in [2.75, 3.05) is 42.9 Å². The van der Waals surface area contributed by atoms with E-state index in [4.69, 9.17) is 0 Å². The molecule has 1 saturated heterocycles. The Balaban J connectivity index is 1.66. The second-order valence-corrected chi connectivity index (χ2v) is 6.89. The van der Waals surface area contributed by atoms with Gasteiger partial charge in [-0.3, -0.25) is 4.79 Å². The molecule has 7 heteroatoms. The number of hydrogen-bond donors (Lipinski definition) is 1. The standard InChI is InChI=1S/C17H23N5OS/c1-4-18-17-20-13(3)14(24-17)16(23)22-10-8-21(9-11-22)15-12(2)6-5-7-19-15/h5-7H,4,8-11H2,1-3H3,(H,18,20). The van der Waals surface area contributed by atoms with Crippen LogP contribution in [0.1, 0.15) is 27.9 Å². The van der Waals surface area contributed by atoms with Crippen LogP contribution in [0.5, 0.6) is 0 Å². The average Bonchev–Trinajstić information content (AvgIpc) is 2.96. The molecule has 0 spiro atoms. The maximum atomic E-state index is 12.8. The number of hydrogen-bond acceptors (Lipinski definition) is 6. The molecular weight excluding hydrogens is 322 g/mol. The van der Waals surface area contributed by atoms with E-state index in [1.807, 2.05) is 31.0 Å². The Hall–Kier alpha value is -2.15. The molecule has 24 heavy (non-hydrogen) atoms. The lowest BCUT2D eigenvalue weighted by Gasteiger charge is -2.35. The van der Waals surface area contributed by atoms with Crippen molar-refractivity contribution in [3.8, 4) is 0 Å². The minimum atomic E-state index is 0.0894. The molecule has 0 unspecified atom stereocenters. The Bertz CT molecular complexity index is 722. The van der Waals surface area contributed by atoms with E-state index in [9.17, 15) is 4.79 Å². The molecule has 0 aromatic carbocycles. The summed E-state index contributed by atoms with van der Waals surface area (Å²) in [7, 11) is 0. The van der Waals surface area contributed by atoms with Gasteiger partial charge in [0.1, 0.15) is 10.7 Å². The highest BCUT2D eigenvalue weighted by atomic mass is 32.1. The smallest absolute Gasteiger partial charge is 0.266 e. The zero-order valence-corrected chi connectivity index (χ0v) is 15.2. The van der Waals surface area contributed by atoms with Gasteiger partial charge < -0.3 is 15.1 Å². The first kappa shape index (κ1) is 16.7. The van der Waals surface area contributed by atoms with Gasteiger partial charge in [0.15, 0.2) is 5.13 Å². The first-order valence-electron chi connectivity index (χ1n) is 8.27. The predicted molar refractivity (Wildman–Crippen MR) is 98.1 cm³/mol. The van der Waals surface area contributed by atoms with Crippen molar-refractivity contribution in [1.29, 1.82) is 0 Å². The lowest BCUT2D eigenvalue weighted by atomic mass is 10.2. The summed E-state index contributed by atoms with van der Waals surface area (Å²) >= 11 is 1.45. The maximum absolute atomic E-state index is 12.8. The van der Waals surface area contributed by atoms with E-state index in [-0.39, 0.29) is 5.91 Å². The molecule has 6 nitrogen and oxygen atoms in total. The van der Waals surface area contributed by atoms with Crippen molar-refractivity contribution < 1.29 is 4.79 Å². The van der Waals surface area contributed by atoms with E-state index in [0.29, 0.717) is 13.1 Å². The number of thiazole rings is 1. The molecule has 0 saturated carbocycles. The summed E-state index contributed by atoms with van der Waals surface area (Å²) in [6.45, 7) is 9.84. The molecule has 1 N–H and O–H groups in total. The Labute approximate surface area is 146 Å². The fraction of sp³-hybridized carbons (Fsp3) is 0.471. The van der Waals surface area contributed by atoms with Crippen molar-refractivity contribution >= 4 is 28.2 Å². The van der Waals surface area contributed by atoms with Crippen LogP contribution in [0.3, 0.4) is 0 Å². The number of pyridine rings is 1. The Morgan fingerprint density at radius 2 is 2.04 bits per heavy atom. The Morgan fingerprint density at radius 3 is 2.71 bits per heavy atom. The topological polar surface area (TPSA) is 61.4 Å². The second-order valence-electron chi connectivity index (χ2n) is 5.89. The third-order valence-corrected chi connectivity index (χ3v) is 5.27. The van der Waals surface area contributed by atoms with Gasteiger partial charge in [-0.15, -0.1) is 0 Å². The van der Waals surface area contributed by atoms with Crippen LogP contribution < -0.4 is 10.2 Å². The third-order valence-electron chi connectivity index (χ3n) is 4.17. The minimum Gasteiger partial charge on any atom is -0.362 e. The molecule has 0 radical (unpaired) electrons. The third kappa shape index (κ3) is 3.36. The molecule has 1 amide bonds. The zero-order chi connectivity index (χ0) is 17.1. The van der Waals surface area contributed by atoms with Crippen LogP contribution in [0.2, 0.25) is 0 Å². The minimum absolute atomic E-state index is 0.0894. The highest BCUT2D eigenvalue weighted by Gasteiger charge is 2.26. The van der Waals surface area contributed by atoms with Gasteiger partial charge in [-0.2, -0.15) is 0 Å². The quantitative estimate of drug-likeness (QED) is 0.923. The van der Waals surface area contributed by atoms with Crippen LogP contribution in [0, 0.1) is 13.8 Å². The first-order valence-corrected chi connectivity index (χ1v) is 9.09. The van der Waals surface area contributed by atoms with E-state index in [1.165, 1.54) is 16.9 Å². The summed E-state index contributed by atoms with van der Waals surface area (Å²) in [6, 6.07) is 4.02. The van der Waals surface area contributed by atoms with Gasteiger partial charge in [-0.25, -0.2) is 9.97 Å². The van der Waals surface area contributed by atoms with Crippen LogP contribution in [-0.4, -0.2) is 53.5 Å². The monoisotopic (exact) mass is 345 g/mol. The number of carbonyl (C=O) groups is 1. The average molecular weight is 345 g/mol. The van der Waals surface area contributed by atoms with Crippen molar-refractivity contribution in [2.45, 2.75) is 20.8 Å². The molecule has 0 aliphatic carbocycles. The van der Waals surface area contributed by atoms with Crippen LogP contribution >= 0.6 is 11.3 Å². The van der Waals surface area contributed by atoms with Gasteiger partial charge in [0.25, 0.3) is 5.91 Å². The maximum Gasteiger partial charge on any atom is 0.266 e. The number of carbonyl (C=O) groups excluding carboxylic acids is 1. The summed E-state index contributed by atoms with van der Waals surface area (Å²) in [6.07, 6.45) is 1.82. The molecule has 1 aliphatic rings. The molecule has 2 aromatic rings. The van der Waals surface area contributed by atoms with Crippen LogP contribution in [0.25, 0.3) is 0 Å². The highest BCUT2D eigenvalue weighted by Crippen LogP contribution is 2.25. The predicted octanol–water partition coefficient (Wildman–Crippen LogP) is 2.55. The van der Waals surface area contributed by atoms with E-state index >= 15 is 0 Å². The lowest BCUT2D eigenvalue weighted by molar-refractivity contribution is 0.0750. The number of rotatable bonds is 4. The molecule has 1 fully saturated rings. The van der Waals surface area contributed by atoms with Crippen molar-refractivity contribution in [2.24, 2.45) is 0 Å². The van der Waals surface area contributed by atoms with Crippen molar-refractivity contribution in [3.63, 3.8) is 0 Å². The van der Waals surface area contributed by atoms with Gasteiger partial charge >= 0.3 is 0 Å². The number of nitrogens with zero attached hydrogens (tertiary/aromatic N) is 4. The molecule has 0 atom stereocenters. The summed E-state index contributed by atoms with van der Waals surface area (Å²) in [5.74, 6) is 1.11. The fourth-order valence-corrected chi connectivity index (χ4v) is 3.90. The molecule has 2 aromatic heterocycles. The fourth-order valence-electron chi connectivity index (χ4n) is 2.90. The van der Waals surface area contributed by atoms with E-state index in [2.05, 4.69) is 33.2 Å². The SMILES string of the molecule is CCNc1nc(C)c(C(=O)N2CCN(c3ncccc3C)CC2)s1. The second kappa shape index (κ2) is 7.17. The summed E-state index contributed by atoms with van der Waals surface area (Å²) in [5.41, 5.74) is 1.98. The summed E-state index contributed by atoms with van der Waals surface area (Å²) < 4.78 is 0. The van der Waals surface area contributed by atoms with Crippen molar-refractivity contribution in [3.05, 3.63) is 34.5 Å². The van der Waals surface area contributed by atoms with Crippen LogP contribution in [-0.2, 0) is 0 Å². The Morgan fingerprint density at radius 1 is 1.29 bits per heavy atom. The molecule has 3 heterocycles. The number of nitrogens with one attached hydrogen (secondary N) is 1. The van der Waals surface area contributed by atoms with Crippen molar-refractivity contribution in [1.82, 2.24) is 14.9 Å². The van der Waals surface area contributed by atoms with Crippen LogP contribution in [0.15, 0.2) is 18.3 Å².